The van der Waals surface area contributed by atoms with Crippen molar-refractivity contribution in [2.75, 3.05) is 43.0 Å². The molecule has 2 aromatic heterocycles. The van der Waals surface area contributed by atoms with Gasteiger partial charge in [0.1, 0.15) is 24.4 Å². The van der Waals surface area contributed by atoms with Crippen molar-refractivity contribution in [2.45, 2.75) is 6.54 Å². The number of amides is 1. The number of aliphatic hydroxyl groups is 1. The molecule has 3 aromatic rings. The predicted octanol–water partition coefficient (Wildman–Crippen LogP) is 1.72. The molecule has 2 N–H and O–H groups in total. The molecule has 0 aliphatic carbocycles. The Labute approximate surface area is 165 Å². The Morgan fingerprint density at radius 3 is 2.76 bits per heavy atom. The second-order valence-electron chi connectivity index (χ2n) is 6.58. The molecule has 1 saturated heterocycles. The summed E-state index contributed by atoms with van der Waals surface area (Å²) in [6.07, 6.45) is 1.46. The summed E-state index contributed by atoms with van der Waals surface area (Å²) in [6.45, 7) is 1.58. The van der Waals surface area contributed by atoms with Crippen LogP contribution in [0.3, 0.4) is 0 Å². The topological polar surface area (TPSA) is 108 Å². The van der Waals surface area contributed by atoms with Crippen molar-refractivity contribution < 1.29 is 23.3 Å². The molecular weight excluding hydrogens is 381 g/mol. The van der Waals surface area contributed by atoms with E-state index in [4.69, 9.17) is 14.2 Å². The number of halogens is 1. The van der Waals surface area contributed by atoms with Gasteiger partial charge in [0.15, 0.2) is 11.6 Å². The van der Waals surface area contributed by atoms with E-state index >= 15 is 0 Å². The fourth-order valence-electron chi connectivity index (χ4n) is 3.33. The monoisotopic (exact) mass is 401 g/mol. The van der Waals surface area contributed by atoms with Gasteiger partial charge in [-0.15, -0.1) is 0 Å². The maximum Gasteiger partial charge on any atom is 0.248 e. The maximum atomic E-state index is 14.7. The first-order valence-corrected chi connectivity index (χ1v) is 9.18. The lowest BCUT2D eigenvalue weighted by molar-refractivity contribution is -0.134. The first-order valence-electron chi connectivity index (χ1n) is 9.18. The average molecular weight is 401 g/mol. The normalized spacial score (nSPS) is 14.3. The second kappa shape index (κ2) is 8.31. The van der Waals surface area contributed by atoms with E-state index in [9.17, 15) is 9.18 Å². The Bertz CT molecular complexity index is 967. The SMILES string of the molecule is O=C(CO)N1CCN(c2c(F)cccc2-c2cc(CNc3ccon3)on2)CC1. The number of piperazine rings is 1. The zero-order valence-electron chi connectivity index (χ0n) is 15.5. The highest BCUT2D eigenvalue weighted by Crippen LogP contribution is 2.33. The molecule has 0 radical (unpaired) electrons. The lowest BCUT2D eigenvalue weighted by Gasteiger charge is -2.36. The summed E-state index contributed by atoms with van der Waals surface area (Å²) in [7, 11) is 0. The lowest BCUT2D eigenvalue weighted by atomic mass is 10.1. The van der Waals surface area contributed by atoms with Crippen LogP contribution in [0.25, 0.3) is 11.3 Å². The summed E-state index contributed by atoms with van der Waals surface area (Å²) in [4.78, 5) is 15.1. The fraction of sp³-hybridized carbons (Fsp3) is 0.316. The number of para-hydroxylation sites is 1. The van der Waals surface area contributed by atoms with Gasteiger partial charge < -0.3 is 29.3 Å². The minimum atomic E-state index is -0.519. The van der Waals surface area contributed by atoms with Gasteiger partial charge in [-0.05, 0) is 6.07 Å². The van der Waals surface area contributed by atoms with E-state index in [-0.39, 0.29) is 11.7 Å². The Morgan fingerprint density at radius 2 is 2.03 bits per heavy atom. The van der Waals surface area contributed by atoms with Crippen molar-refractivity contribution >= 4 is 17.4 Å². The van der Waals surface area contributed by atoms with Gasteiger partial charge in [0.2, 0.25) is 5.91 Å². The molecule has 10 heteroatoms. The summed E-state index contributed by atoms with van der Waals surface area (Å²) in [5.41, 5.74) is 1.56. The molecule has 1 aromatic carbocycles. The van der Waals surface area contributed by atoms with Gasteiger partial charge in [0.25, 0.3) is 0 Å². The number of nitrogens with zero attached hydrogens (tertiary/aromatic N) is 4. The van der Waals surface area contributed by atoms with Crippen molar-refractivity contribution in [3.63, 3.8) is 0 Å². The standard InChI is InChI=1S/C19H20FN5O4/c20-15-3-1-2-14(19(15)25-7-5-24(6-8-25)18(27)12-26)16-10-13(29-22-16)11-21-17-4-9-28-23-17/h1-4,9-10,26H,5-8,11-12H2,(H,21,23). The molecular formula is C19H20FN5O4. The summed E-state index contributed by atoms with van der Waals surface area (Å²) in [5, 5.41) is 19.9. The molecule has 0 bridgehead atoms. The Balaban J connectivity index is 1.52. The summed E-state index contributed by atoms with van der Waals surface area (Å²) in [6, 6.07) is 8.25. The third-order valence-corrected chi connectivity index (χ3v) is 4.79. The highest BCUT2D eigenvalue weighted by molar-refractivity contribution is 5.79. The zero-order chi connectivity index (χ0) is 20.2. The van der Waals surface area contributed by atoms with Gasteiger partial charge >= 0.3 is 0 Å². The average Bonchev–Trinajstić information content (AvgIpc) is 3.43. The molecule has 1 amide bonds. The van der Waals surface area contributed by atoms with Crippen LogP contribution in [0.2, 0.25) is 0 Å². The van der Waals surface area contributed by atoms with Crippen molar-refractivity contribution in [3.8, 4) is 11.3 Å². The number of carbonyl (C=O) groups is 1. The molecule has 4 rings (SSSR count). The number of nitrogens with one attached hydrogen (secondary N) is 1. The first-order chi connectivity index (χ1) is 14.2. The smallest absolute Gasteiger partial charge is 0.248 e. The van der Waals surface area contributed by atoms with Crippen LogP contribution >= 0.6 is 0 Å². The molecule has 3 heterocycles. The van der Waals surface area contributed by atoms with Crippen molar-refractivity contribution in [2.24, 2.45) is 0 Å². The lowest BCUT2D eigenvalue weighted by Crippen LogP contribution is -2.49. The number of carbonyl (C=O) groups excluding carboxylic acids is 1. The highest BCUT2D eigenvalue weighted by Gasteiger charge is 2.25. The minimum absolute atomic E-state index is 0.320. The fourth-order valence-corrected chi connectivity index (χ4v) is 3.33. The third-order valence-electron chi connectivity index (χ3n) is 4.79. The zero-order valence-corrected chi connectivity index (χ0v) is 15.5. The molecule has 1 aliphatic heterocycles. The summed E-state index contributed by atoms with van der Waals surface area (Å²) in [5.74, 6) is 0.454. The van der Waals surface area contributed by atoms with E-state index in [1.807, 2.05) is 4.90 Å². The van der Waals surface area contributed by atoms with Crippen molar-refractivity contribution in [1.82, 2.24) is 15.2 Å². The third kappa shape index (κ3) is 4.06. The molecule has 0 atom stereocenters. The van der Waals surface area contributed by atoms with Crippen LogP contribution in [0.1, 0.15) is 5.76 Å². The minimum Gasteiger partial charge on any atom is -0.387 e. The number of hydrogen-bond donors (Lipinski definition) is 2. The number of aliphatic hydroxyl groups excluding tert-OH is 1. The number of rotatable bonds is 6. The molecule has 0 unspecified atom stereocenters. The maximum absolute atomic E-state index is 14.7. The van der Waals surface area contributed by atoms with Gasteiger partial charge in [-0.2, -0.15) is 0 Å². The van der Waals surface area contributed by atoms with Crippen molar-refractivity contribution in [3.05, 3.63) is 48.2 Å². The molecule has 9 nitrogen and oxygen atoms in total. The second-order valence-corrected chi connectivity index (χ2v) is 6.58. The van der Waals surface area contributed by atoms with Crippen LogP contribution in [0.5, 0.6) is 0 Å². The van der Waals surface area contributed by atoms with Gasteiger partial charge in [0.05, 0.1) is 12.2 Å². The summed E-state index contributed by atoms with van der Waals surface area (Å²) >= 11 is 0. The van der Waals surface area contributed by atoms with E-state index in [1.54, 1.807) is 29.2 Å². The largest absolute Gasteiger partial charge is 0.387 e. The van der Waals surface area contributed by atoms with Gasteiger partial charge in [-0.3, -0.25) is 4.79 Å². The molecule has 1 fully saturated rings. The number of benzene rings is 1. The molecule has 152 valence electrons. The van der Waals surface area contributed by atoms with Crippen LogP contribution in [-0.2, 0) is 11.3 Å². The molecule has 1 aliphatic rings. The van der Waals surface area contributed by atoms with Crippen LogP contribution in [0, 0.1) is 5.82 Å². The van der Waals surface area contributed by atoms with Crippen LogP contribution < -0.4 is 10.2 Å². The molecule has 29 heavy (non-hydrogen) atoms. The van der Waals surface area contributed by atoms with E-state index in [0.717, 1.165) is 0 Å². The van der Waals surface area contributed by atoms with Crippen LogP contribution in [-0.4, -0.2) is 59.0 Å². The first kappa shape index (κ1) is 18.9. The summed E-state index contributed by atoms with van der Waals surface area (Å²) < 4.78 is 24.9. The Kier molecular flexibility index (Phi) is 5.43. The van der Waals surface area contributed by atoms with Crippen molar-refractivity contribution in [1.29, 1.82) is 0 Å². The quantitative estimate of drug-likeness (QED) is 0.643. The van der Waals surface area contributed by atoms with Gasteiger partial charge in [-0.1, -0.05) is 22.4 Å². The van der Waals surface area contributed by atoms with Gasteiger partial charge in [-0.25, -0.2) is 4.39 Å². The van der Waals surface area contributed by atoms with Gasteiger partial charge in [0, 0.05) is 43.9 Å². The van der Waals surface area contributed by atoms with E-state index in [1.165, 1.54) is 12.3 Å². The van der Waals surface area contributed by atoms with Crippen LogP contribution in [0.15, 0.2) is 45.6 Å². The number of aromatic nitrogens is 2. The Hall–Kier alpha value is -3.40. The predicted molar refractivity (Wildman–Crippen MR) is 102 cm³/mol. The van der Waals surface area contributed by atoms with E-state index in [2.05, 4.69) is 15.6 Å². The van der Waals surface area contributed by atoms with Crippen LogP contribution in [0.4, 0.5) is 15.9 Å². The molecule has 0 spiro atoms. The van der Waals surface area contributed by atoms with E-state index in [0.29, 0.717) is 61.2 Å². The Morgan fingerprint density at radius 1 is 1.21 bits per heavy atom. The highest BCUT2D eigenvalue weighted by atomic mass is 19.1. The number of anilines is 2. The molecule has 0 saturated carbocycles. The number of hydrogen-bond acceptors (Lipinski definition) is 8. The van der Waals surface area contributed by atoms with E-state index < -0.39 is 6.61 Å².